The van der Waals surface area contributed by atoms with Gasteiger partial charge < -0.3 is 0 Å². The van der Waals surface area contributed by atoms with E-state index in [0.29, 0.717) is 0 Å². The lowest BCUT2D eigenvalue weighted by molar-refractivity contribution is 0.102. The van der Waals surface area contributed by atoms with Gasteiger partial charge in [-0.3, -0.25) is 4.79 Å². The summed E-state index contributed by atoms with van der Waals surface area (Å²) in [6.07, 6.45) is 0. The van der Waals surface area contributed by atoms with Gasteiger partial charge in [-0.2, -0.15) is 0 Å². The molecule has 0 spiro atoms. The van der Waals surface area contributed by atoms with E-state index in [4.69, 9.17) is 0 Å². The Morgan fingerprint density at radius 1 is 0.895 bits per heavy atom. The maximum Gasteiger partial charge on any atom is 0.199 e. The van der Waals surface area contributed by atoms with Crippen molar-refractivity contribution in [2.45, 2.75) is 6.92 Å². The van der Waals surface area contributed by atoms with Gasteiger partial charge >= 0.3 is 0 Å². The summed E-state index contributed by atoms with van der Waals surface area (Å²) in [4.78, 5) is 11.9. The molecule has 0 aromatic heterocycles. The molecule has 19 heavy (non-hydrogen) atoms. The Labute approximate surface area is 106 Å². The SMILES string of the molecule is Cc1ccc(C(=O)c2c(F)c(F)cc(F)c2F)cc1. The minimum atomic E-state index is -1.69. The second-order valence-electron chi connectivity index (χ2n) is 4.04. The van der Waals surface area contributed by atoms with Crippen LogP contribution in [0.5, 0.6) is 0 Å². The fraction of sp³-hybridized carbons (Fsp3) is 0.0714. The second-order valence-corrected chi connectivity index (χ2v) is 4.04. The fourth-order valence-electron chi connectivity index (χ4n) is 1.62. The lowest BCUT2D eigenvalue weighted by atomic mass is 10.0. The second kappa shape index (κ2) is 4.84. The Bertz CT molecular complexity index is 621. The molecule has 0 fully saturated rings. The van der Waals surface area contributed by atoms with Crippen LogP contribution in [0.3, 0.4) is 0 Å². The maximum absolute atomic E-state index is 13.5. The Morgan fingerprint density at radius 2 is 1.37 bits per heavy atom. The number of carbonyl (C=O) groups is 1. The summed E-state index contributed by atoms with van der Waals surface area (Å²) in [6, 6.07) is 5.84. The molecule has 0 saturated heterocycles. The first-order chi connectivity index (χ1) is 8.91. The maximum atomic E-state index is 13.5. The van der Waals surface area contributed by atoms with Gasteiger partial charge in [0.25, 0.3) is 0 Å². The van der Waals surface area contributed by atoms with Gasteiger partial charge in [0.15, 0.2) is 29.1 Å². The molecule has 0 heterocycles. The van der Waals surface area contributed by atoms with Gasteiger partial charge in [-0.25, -0.2) is 17.6 Å². The van der Waals surface area contributed by atoms with Gasteiger partial charge in [0.2, 0.25) is 0 Å². The average Bonchev–Trinajstić information content (AvgIpc) is 2.37. The minimum absolute atomic E-state index is 0.0478. The topological polar surface area (TPSA) is 17.1 Å². The van der Waals surface area contributed by atoms with E-state index in [-0.39, 0.29) is 11.6 Å². The van der Waals surface area contributed by atoms with Crippen LogP contribution in [-0.4, -0.2) is 5.78 Å². The quantitative estimate of drug-likeness (QED) is 0.460. The van der Waals surface area contributed by atoms with Gasteiger partial charge in [0.1, 0.15) is 5.56 Å². The molecule has 0 aliphatic rings. The predicted molar refractivity (Wildman–Crippen MR) is 60.9 cm³/mol. The molecule has 0 N–H and O–H groups in total. The Morgan fingerprint density at radius 3 is 1.84 bits per heavy atom. The highest BCUT2D eigenvalue weighted by Crippen LogP contribution is 2.22. The predicted octanol–water partition coefficient (Wildman–Crippen LogP) is 3.78. The van der Waals surface area contributed by atoms with E-state index in [2.05, 4.69) is 0 Å². The molecule has 0 amide bonds. The van der Waals surface area contributed by atoms with Crippen molar-refractivity contribution in [3.8, 4) is 0 Å². The number of halogens is 4. The molecule has 98 valence electrons. The van der Waals surface area contributed by atoms with Crippen molar-refractivity contribution in [1.29, 1.82) is 0 Å². The molecule has 0 aliphatic heterocycles. The van der Waals surface area contributed by atoms with Crippen molar-refractivity contribution >= 4 is 5.78 Å². The highest BCUT2D eigenvalue weighted by atomic mass is 19.2. The van der Waals surface area contributed by atoms with Crippen LogP contribution in [0.2, 0.25) is 0 Å². The van der Waals surface area contributed by atoms with Crippen LogP contribution in [-0.2, 0) is 0 Å². The summed E-state index contributed by atoms with van der Waals surface area (Å²) in [7, 11) is 0. The Kier molecular flexibility index (Phi) is 3.38. The first kappa shape index (κ1) is 13.3. The largest absolute Gasteiger partial charge is 0.288 e. The van der Waals surface area contributed by atoms with Gasteiger partial charge in [-0.15, -0.1) is 0 Å². The Hall–Kier alpha value is -2.17. The van der Waals surface area contributed by atoms with E-state index in [1.54, 1.807) is 19.1 Å². The minimum Gasteiger partial charge on any atom is -0.288 e. The molecule has 0 radical (unpaired) electrons. The van der Waals surface area contributed by atoms with E-state index in [9.17, 15) is 22.4 Å². The van der Waals surface area contributed by atoms with Crippen LogP contribution in [0.25, 0.3) is 0 Å². The van der Waals surface area contributed by atoms with Gasteiger partial charge in [0.05, 0.1) is 0 Å². The summed E-state index contributed by atoms with van der Waals surface area (Å²) in [5.74, 6) is -7.69. The highest BCUT2D eigenvalue weighted by molar-refractivity contribution is 6.09. The molecule has 0 atom stereocenters. The first-order valence-electron chi connectivity index (χ1n) is 5.36. The molecule has 2 rings (SSSR count). The van der Waals surface area contributed by atoms with E-state index in [0.717, 1.165) is 5.56 Å². The number of ketones is 1. The van der Waals surface area contributed by atoms with Crippen molar-refractivity contribution in [1.82, 2.24) is 0 Å². The zero-order valence-corrected chi connectivity index (χ0v) is 9.81. The number of carbonyl (C=O) groups excluding carboxylic acids is 1. The smallest absolute Gasteiger partial charge is 0.199 e. The lowest BCUT2D eigenvalue weighted by Gasteiger charge is -2.06. The lowest BCUT2D eigenvalue weighted by Crippen LogP contribution is -2.11. The molecule has 0 aliphatic carbocycles. The van der Waals surface area contributed by atoms with Crippen molar-refractivity contribution in [2.75, 3.05) is 0 Å². The van der Waals surface area contributed by atoms with Crippen molar-refractivity contribution in [3.63, 3.8) is 0 Å². The normalized spacial score (nSPS) is 10.6. The number of aryl methyl sites for hydroxylation is 1. The monoisotopic (exact) mass is 268 g/mol. The standard InChI is InChI=1S/C14H8F4O/c1-7-2-4-8(5-3-7)14(19)11-12(17)9(15)6-10(16)13(11)18/h2-6H,1H3. The van der Waals surface area contributed by atoms with Gasteiger partial charge in [0, 0.05) is 11.6 Å². The first-order valence-corrected chi connectivity index (χ1v) is 5.36. The summed E-state index contributed by atoms with van der Waals surface area (Å²) in [5, 5.41) is 0. The van der Waals surface area contributed by atoms with Crippen molar-refractivity contribution in [2.24, 2.45) is 0 Å². The number of hydrogen-bond donors (Lipinski definition) is 0. The summed E-state index contributed by atoms with van der Waals surface area (Å²) >= 11 is 0. The van der Waals surface area contributed by atoms with Crippen molar-refractivity contribution in [3.05, 3.63) is 70.3 Å². The zero-order chi connectivity index (χ0) is 14.2. The molecule has 2 aromatic carbocycles. The van der Waals surface area contributed by atoms with Crippen molar-refractivity contribution < 1.29 is 22.4 Å². The van der Waals surface area contributed by atoms with Crippen LogP contribution in [0.1, 0.15) is 21.5 Å². The van der Waals surface area contributed by atoms with E-state index in [1.807, 2.05) is 0 Å². The molecular formula is C14H8F4O. The number of benzene rings is 2. The van der Waals surface area contributed by atoms with Crippen LogP contribution < -0.4 is 0 Å². The van der Waals surface area contributed by atoms with E-state index >= 15 is 0 Å². The molecule has 0 bridgehead atoms. The highest BCUT2D eigenvalue weighted by Gasteiger charge is 2.25. The third-order valence-corrected chi connectivity index (χ3v) is 2.65. The van der Waals surface area contributed by atoms with Crippen LogP contribution in [0.4, 0.5) is 17.6 Å². The van der Waals surface area contributed by atoms with Crippen LogP contribution in [0.15, 0.2) is 30.3 Å². The summed E-state index contributed by atoms with van der Waals surface area (Å²) < 4.78 is 53.0. The number of hydrogen-bond acceptors (Lipinski definition) is 1. The number of rotatable bonds is 2. The zero-order valence-electron chi connectivity index (χ0n) is 9.81. The molecule has 0 saturated carbocycles. The molecule has 1 nitrogen and oxygen atoms in total. The fourth-order valence-corrected chi connectivity index (χ4v) is 1.62. The van der Waals surface area contributed by atoms with Gasteiger partial charge in [-0.05, 0) is 6.92 Å². The van der Waals surface area contributed by atoms with E-state index < -0.39 is 34.6 Å². The van der Waals surface area contributed by atoms with Crippen LogP contribution >= 0.6 is 0 Å². The molecule has 0 unspecified atom stereocenters. The Balaban J connectivity index is 2.59. The molecule has 2 aromatic rings. The van der Waals surface area contributed by atoms with Crippen LogP contribution in [0, 0.1) is 30.2 Å². The third-order valence-electron chi connectivity index (χ3n) is 2.65. The average molecular weight is 268 g/mol. The van der Waals surface area contributed by atoms with Gasteiger partial charge in [-0.1, -0.05) is 29.8 Å². The molecular weight excluding hydrogens is 260 g/mol. The third kappa shape index (κ3) is 2.36. The summed E-state index contributed by atoms with van der Waals surface area (Å²) in [5.41, 5.74) is -0.433. The van der Waals surface area contributed by atoms with E-state index in [1.165, 1.54) is 12.1 Å². The molecule has 5 heteroatoms. The summed E-state index contributed by atoms with van der Waals surface area (Å²) in [6.45, 7) is 1.76.